The van der Waals surface area contributed by atoms with Crippen LogP contribution in [-0.2, 0) is 0 Å². The molecule has 88 valence electrons. The van der Waals surface area contributed by atoms with Crippen LogP contribution in [0.3, 0.4) is 0 Å². The Morgan fingerprint density at radius 3 is 2.38 bits per heavy atom. The molecule has 1 aliphatic rings. The van der Waals surface area contributed by atoms with Crippen LogP contribution in [0.4, 0.5) is 0 Å². The van der Waals surface area contributed by atoms with Gasteiger partial charge in [-0.3, -0.25) is 0 Å². The zero-order chi connectivity index (χ0) is 10.7. The third-order valence-electron chi connectivity index (χ3n) is 3.05. The summed E-state index contributed by atoms with van der Waals surface area (Å²) in [5.74, 6) is 0.462. The second kappa shape index (κ2) is 6.25. The highest BCUT2D eigenvalue weighted by Crippen LogP contribution is 2.23. The average molecular weight is 242 g/mol. The van der Waals surface area contributed by atoms with Gasteiger partial charge in [0.1, 0.15) is 0 Å². The van der Waals surface area contributed by atoms with Crippen LogP contribution in [0.1, 0.15) is 24.3 Å². The molecule has 0 spiro atoms. The highest BCUT2D eigenvalue weighted by molar-refractivity contribution is 6.59. The quantitative estimate of drug-likeness (QED) is 0.651. The molecule has 2 rings (SSSR count). The Balaban J connectivity index is 0.00000128. The van der Waals surface area contributed by atoms with E-state index in [0.29, 0.717) is 11.4 Å². The molecule has 1 aromatic carbocycles. The summed E-state index contributed by atoms with van der Waals surface area (Å²) in [6, 6.07) is 7.61. The lowest BCUT2D eigenvalue weighted by Gasteiger charge is -2.25. The van der Waals surface area contributed by atoms with Crippen LogP contribution in [-0.4, -0.2) is 30.3 Å². The van der Waals surface area contributed by atoms with Crippen molar-refractivity contribution in [3.8, 4) is 0 Å². The first-order chi connectivity index (χ1) is 7.29. The number of hydrogen-bond acceptors (Lipinski definition) is 3. The highest BCUT2D eigenvalue weighted by atomic mass is 35.5. The lowest BCUT2D eigenvalue weighted by Crippen LogP contribution is -2.36. The summed E-state index contributed by atoms with van der Waals surface area (Å²) >= 11 is 0. The smallest absolute Gasteiger partial charge is 0.423 e. The number of rotatable bonds is 2. The third kappa shape index (κ3) is 2.98. The normalized spacial score (nSPS) is 16.6. The lowest BCUT2D eigenvalue weighted by atomic mass is 9.72. The Morgan fingerprint density at radius 1 is 1.12 bits per heavy atom. The van der Waals surface area contributed by atoms with E-state index in [1.54, 1.807) is 6.07 Å². The molecular formula is C11H17BClNO2. The molecule has 1 saturated heterocycles. The molecule has 3 nitrogen and oxygen atoms in total. The molecule has 3 N–H and O–H groups in total. The monoisotopic (exact) mass is 241 g/mol. The molecule has 16 heavy (non-hydrogen) atoms. The number of benzene rings is 1. The van der Waals surface area contributed by atoms with E-state index in [4.69, 9.17) is 0 Å². The maximum absolute atomic E-state index is 9.28. The van der Waals surface area contributed by atoms with E-state index >= 15 is 0 Å². The van der Waals surface area contributed by atoms with Crippen LogP contribution in [0.15, 0.2) is 24.3 Å². The first-order valence-electron chi connectivity index (χ1n) is 5.44. The van der Waals surface area contributed by atoms with Crippen molar-refractivity contribution in [3.05, 3.63) is 29.8 Å². The molecule has 0 aliphatic carbocycles. The first kappa shape index (κ1) is 13.5. The molecule has 0 amide bonds. The maximum Gasteiger partial charge on any atom is 0.488 e. The van der Waals surface area contributed by atoms with Gasteiger partial charge in [-0.05, 0) is 42.9 Å². The summed E-state index contributed by atoms with van der Waals surface area (Å²) in [4.78, 5) is 0. The van der Waals surface area contributed by atoms with Crippen LogP contribution in [0.2, 0.25) is 0 Å². The molecule has 1 heterocycles. The van der Waals surface area contributed by atoms with Gasteiger partial charge in [0, 0.05) is 0 Å². The predicted molar refractivity (Wildman–Crippen MR) is 68.4 cm³/mol. The van der Waals surface area contributed by atoms with Crippen molar-refractivity contribution in [2.75, 3.05) is 13.1 Å². The zero-order valence-corrected chi connectivity index (χ0v) is 9.91. The van der Waals surface area contributed by atoms with Crippen LogP contribution in [0.5, 0.6) is 0 Å². The van der Waals surface area contributed by atoms with Gasteiger partial charge in [-0.15, -0.1) is 12.4 Å². The van der Waals surface area contributed by atoms with Crippen molar-refractivity contribution in [1.29, 1.82) is 0 Å². The topological polar surface area (TPSA) is 52.5 Å². The molecule has 0 atom stereocenters. The van der Waals surface area contributed by atoms with Crippen molar-refractivity contribution in [3.63, 3.8) is 0 Å². The Bertz CT molecular complexity index is 330. The lowest BCUT2D eigenvalue weighted by molar-refractivity contribution is 0.422. The third-order valence-corrected chi connectivity index (χ3v) is 3.05. The molecule has 1 aromatic rings. The second-order valence-electron chi connectivity index (χ2n) is 4.03. The van der Waals surface area contributed by atoms with E-state index in [2.05, 4.69) is 5.32 Å². The number of hydrogen-bond donors (Lipinski definition) is 3. The summed E-state index contributed by atoms with van der Waals surface area (Å²) in [6.45, 7) is 2.03. The fourth-order valence-corrected chi connectivity index (χ4v) is 2.25. The van der Waals surface area contributed by atoms with E-state index in [-0.39, 0.29) is 12.4 Å². The number of nitrogens with one attached hydrogen (secondary N) is 1. The molecule has 0 radical (unpaired) electrons. The SMILES string of the molecule is Cl.OB(O)c1ccccc1C1CCNCC1. The van der Waals surface area contributed by atoms with Crippen molar-refractivity contribution in [2.45, 2.75) is 18.8 Å². The summed E-state index contributed by atoms with van der Waals surface area (Å²) < 4.78 is 0. The predicted octanol–water partition coefficient (Wildman–Crippen LogP) is 0.255. The Morgan fingerprint density at radius 2 is 1.75 bits per heavy atom. The van der Waals surface area contributed by atoms with Crippen molar-refractivity contribution in [1.82, 2.24) is 5.32 Å². The van der Waals surface area contributed by atoms with Crippen LogP contribution in [0.25, 0.3) is 0 Å². The molecular weight excluding hydrogens is 224 g/mol. The maximum atomic E-state index is 9.28. The number of piperidine rings is 1. The second-order valence-corrected chi connectivity index (χ2v) is 4.03. The van der Waals surface area contributed by atoms with Gasteiger partial charge in [0.25, 0.3) is 0 Å². The van der Waals surface area contributed by atoms with E-state index in [1.165, 1.54) is 0 Å². The standard InChI is InChI=1S/C11H16BNO2.ClH/c14-12(15)11-4-2-1-3-10(11)9-5-7-13-8-6-9;/h1-4,9,13-15H,5-8H2;1H. The Hall–Kier alpha value is -0.545. The molecule has 0 saturated carbocycles. The fourth-order valence-electron chi connectivity index (χ4n) is 2.25. The molecule has 1 fully saturated rings. The van der Waals surface area contributed by atoms with Gasteiger partial charge in [-0.1, -0.05) is 24.3 Å². The minimum atomic E-state index is -1.35. The fraction of sp³-hybridized carbons (Fsp3) is 0.455. The van der Waals surface area contributed by atoms with Crippen LogP contribution < -0.4 is 10.8 Å². The van der Waals surface area contributed by atoms with Gasteiger partial charge in [-0.2, -0.15) is 0 Å². The summed E-state index contributed by atoms with van der Waals surface area (Å²) in [7, 11) is -1.35. The van der Waals surface area contributed by atoms with Crippen molar-refractivity contribution < 1.29 is 10.0 Å². The summed E-state index contributed by atoms with van der Waals surface area (Å²) in [6.07, 6.45) is 2.15. The zero-order valence-electron chi connectivity index (χ0n) is 9.10. The molecule has 0 unspecified atom stereocenters. The van der Waals surface area contributed by atoms with Gasteiger partial charge < -0.3 is 15.4 Å². The van der Waals surface area contributed by atoms with E-state index in [0.717, 1.165) is 31.5 Å². The van der Waals surface area contributed by atoms with Gasteiger partial charge in [0.2, 0.25) is 0 Å². The molecule has 0 aromatic heterocycles. The van der Waals surface area contributed by atoms with Crippen LogP contribution >= 0.6 is 12.4 Å². The minimum absolute atomic E-state index is 0. The van der Waals surface area contributed by atoms with Gasteiger partial charge in [-0.25, -0.2) is 0 Å². The van der Waals surface area contributed by atoms with E-state index < -0.39 is 7.12 Å². The summed E-state index contributed by atoms with van der Waals surface area (Å²) in [5, 5.41) is 21.9. The molecule has 0 bridgehead atoms. The van der Waals surface area contributed by atoms with Crippen molar-refractivity contribution in [2.24, 2.45) is 0 Å². The summed E-state index contributed by atoms with van der Waals surface area (Å²) in [5.41, 5.74) is 1.75. The van der Waals surface area contributed by atoms with E-state index in [9.17, 15) is 10.0 Å². The van der Waals surface area contributed by atoms with Crippen molar-refractivity contribution >= 4 is 25.0 Å². The Kier molecular flexibility index (Phi) is 5.28. The minimum Gasteiger partial charge on any atom is -0.423 e. The molecule has 1 aliphatic heterocycles. The van der Waals surface area contributed by atoms with Gasteiger partial charge in [0.05, 0.1) is 0 Å². The van der Waals surface area contributed by atoms with E-state index in [1.807, 2.05) is 18.2 Å². The highest BCUT2D eigenvalue weighted by Gasteiger charge is 2.22. The number of halogens is 1. The average Bonchev–Trinajstić information content (AvgIpc) is 2.30. The van der Waals surface area contributed by atoms with Gasteiger partial charge in [0.15, 0.2) is 0 Å². The Labute approximate surface area is 102 Å². The van der Waals surface area contributed by atoms with Crippen LogP contribution in [0, 0.1) is 0 Å². The van der Waals surface area contributed by atoms with Gasteiger partial charge >= 0.3 is 7.12 Å². The first-order valence-corrected chi connectivity index (χ1v) is 5.44. The molecule has 5 heteroatoms. The largest absolute Gasteiger partial charge is 0.488 e.